The number of hydrogen-bond donors (Lipinski definition) is 2. The summed E-state index contributed by atoms with van der Waals surface area (Å²) in [4.78, 5) is 2.00. The predicted octanol–water partition coefficient (Wildman–Crippen LogP) is 3.60. The quantitative estimate of drug-likeness (QED) is 0.838. The highest BCUT2D eigenvalue weighted by Crippen LogP contribution is 2.32. The maximum atomic E-state index is 6.23. The third-order valence-corrected chi connectivity index (χ3v) is 3.26. The molecule has 0 aliphatic carbocycles. The molecule has 0 aromatic heterocycles. The van der Waals surface area contributed by atoms with Gasteiger partial charge in [-0.3, -0.25) is 0 Å². The van der Waals surface area contributed by atoms with Gasteiger partial charge in [0.2, 0.25) is 0 Å². The van der Waals surface area contributed by atoms with Crippen LogP contribution in [0, 0.1) is 0 Å². The van der Waals surface area contributed by atoms with Crippen molar-refractivity contribution < 1.29 is 0 Å². The number of nitrogens with zero attached hydrogens (tertiary/aromatic N) is 1. The minimum Gasteiger partial charge on any atom is -0.398 e. The lowest BCUT2D eigenvalue weighted by molar-refractivity contribution is 1.10. The fraction of sp³-hybridized carbons (Fsp3) is 0.200. The molecule has 0 amide bonds. The Morgan fingerprint density at radius 1 is 1.11 bits per heavy atom. The van der Waals surface area contributed by atoms with Gasteiger partial charge in [-0.05, 0) is 23.8 Å². The molecule has 0 aliphatic rings. The van der Waals surface area contributed by atoms with Crippen LogP contribution in [0.2, 0.25) is 5.02 Å². The van der Waals surface area contributed by atoms with Gasteiger partial charge in [0.15, 0.2) is 0 Å². The van der Waals surface area contributed by atoms with Crippen molar-refractivity contribution in [3.05, 3.63) is 53.1 Å². The highest BCUT2D eigenvalue weighted by molar-refractivity contribution is 6.34. The number of nitrogens with two attached hydrogens (primary N) is 1. The molecule has 19 heavy (non-hydrogen) atoms. The average Bonchev–Trinajstić information content (AvgIpc) is 2.37. The Kier molecular flexibility index (Phi) is 4.17. The molecule has 3 nitrogen and oxygen atoms in total. The van der Waals surface area contributed by atoms with E-state index in [4.69, 9.17) is 17.3 Å². The van der Waals surface area contributed by atoms with Crippen LogP contribution in [0.5, 0.6) is 0 Å². The van der Waals surface area contributed by atoms with E-state index in [0.717, 1.165) is 27.6 Å². The number of hydrogen-bond acceptors (Lipinski definition) is 3. The van der Waals surface area contributed by atoms with E-state index in [9.17, 15) is 0 Å². The lowest BCUT2D eigenvalue weighted by Crippen LogP contribution is -2.13. The number of benzene rings is 2. The molecule has 0 atom stereocenters. The van der Waals surface area contributed by atoms with Crippen molar-refractivity contribution in [2.24, 2.45) is 0 Å². The second kappa shape index (κ2) is 5.85. The molecule has 2 rings (SSSR count). The van der Waals surface area contributed by atoms with Crippen molar-refractivity contribution in [1.82, 2.24) is 0 Å². The summed E-state index contributed by atoms with van der Waals surface area (Å²) < 4.78 is 0. The average molecular weight is 276 g/mol. The number of nitrogen functional groups attached to an aromatic ring is 1. The summed E-state index contributed by atoms with van der Waals surface area (Å²) in [6.45, 7) is 0.674. The zero-order valence-corrected chi connectivity index (χ0v) is 11.9. The van der Waals surface area contributed by atoms with Gasteiger partial charge in [0, 0.05) is 26.3 Å². The summed E-state index contributed by atoms with van der Waals surface area (Å²) >= 11 is 6.23. The molecule has 0 aliphatic heterocycles. The van der Waals surface area contributed by atoms with Crippen LogP contribution in [0.1, 0.15) is 5.56 Å². The van der Waals surface area contributed by atoms with Gasteiger partial charge in [-0.2, -0.15) is 0 Å². The van der Waals surface area contributed by atoms with Gasteiger partial charge in [0.25, 0.3) is 0 Å². The van der Waals surface area contributed by atoms with Crippen LogP contribution in [0.4, 0.5) is 17.1 Å². The number of rotatable bonds is 4. The van der Waals surface area contributed by atoms with E-state index in [2.05, 4.69) is 5.32 Å². The van der Waals surface area contributed by atoms with Gasteiger partial charge in [0.05, 0.1) is 16.4 Å². The van der Waals surface area contributed by atoms with Gasteiger partial charge in [-0.25, -0.2) is 0 Å². The Bertz CT molecular complexity index is 567. The van der Waals surface area contributed by atoms with Crippen LogP contribution in [-0.4, -0.2) is 14.1 Å². The molecule has 0 spiro atoms. The van der Waals surface area contributed by atoms with Crippen molar-refractivity contribution in [1.29, 1.82) is 0 Å². The fourth-order valence-corrected chi connectivity index (χ4v) is 2.34. The molecule has 0 unspecified atom stereocenters. The zero-order valence-electron chi connectivity index (χ0n) is 11.2. The summed E-state index contributed by atoms with van der Waals surface area (Å²) in [6.07, 6.45) is 0. The number of para-hydroxylation sites is 2. The predicted molar refractivity (Wildman–Crippen MR) is 84.0 cm³/mol. The second-order valence-electron chi connectivity index (χ2n) is 4.58. The standard InChI is InChI=1S/C15H18ClN3/c1-19(2)15-12(16)7-5-9-14(15)18-10-11-6-3-4-8-13(11)17/h3-9,18H,10,17H2,1-2H3. The van der Waals surface area contributed by atoms with Crippen LogP contribution >= 0.6 is 11.6 Å². The maximum absolute atomic E-state index is 6.23. The highest BCUT2D eigenvalue weighted by Gasteiger charge is 2.09. The summed E-state index contributed by atoms with van der Waals surface area (Å²) in [5.74, 6) is 0. The van der Waals surface area contributed by atoms with Crippen LogP contribution in [0.3, 0.4) is 0 Å². The number of halogens is 1. The normalized spacial score (nSPS) is 10.3. The molecular formula is C15H18ClN3. The van der Waals surface area contributed by atoms with Crippen molar-refractivity contribution in [3.63, 3.8) is 0 Å². The van der Waals surface area contributed by atoms with Crippen molar-refractivity contribution >= 4 is 28.7 Å². The van der Waals surface area contributed by atoms with Gasteiger partial charge in [-0.15, -0.1) is 0 Å². The van der Waals surface area contributed by atoms with Crippen molar-refractivity contribution in [2.45, 2.75) is 6.54 Å². The summed E-state index contributed by atoms with van der Waals surface area (Å²) in [6, 6.07) is 13.7. The van der Waals surface area contributed by atoms with E-state index in [1.54, 1.807) is 0 Å². The van der Waals surface area contributed by atoms with Crippen molar-refractivity contribution in [2.75, 3.05) is 30.0 Å². The SMILES string of the molecule is CN(C)c1c(Cl)cccc1NCc1ccccc1N. The van der Waals surface area contributed by atoms with E-state index in [1.165, 1.54) is 0 Å². The molecule has 0 heterocycles. The molecule has 0 fully saturated rings. The van der Waals surface area contributed by atoms with Crippen molar-refractivity contribution in [3.8, 4) is 0 Å². The van der Waals surface area contributed by atoms with Crippen LogP contribution in [0.25, 0.3) is 0 Å². The largest absolute Gasteiger partial charge is 0.398 e. The molecule has 0 saturated heterocycles. The molecule has 4 heteroatoms. The molecular weight excluding hydrogens is 258 g/mol. The lowest BCUT2D eigenvalue weighted by atomic mass is 10.1. The maximum Gasteiger partial charge on any atom is 0.0786 e. The Labute approximate surface area is 119 Å². The third kappa shape index (κ3) is 3.12. The lowest BCUT2D eigenvalue weighted by Gasteiger charge is -2.20. The first kappa shape index (κ1) is 13.6. The minimum atomic E-state index is 0.674. The van der Waals surface area contributed by atoms with E-state index in [0.29, 0.717) is 6.54 Å². The Balaban J connectivity index is 2.21. The summed E-state index contributed by atoms with van der Waals surface area (Å²) in [7, 11) is 3.95. The zero-order chi connectivity index (χ0) is 13.8. The molecule has 0 radical (unpaired) electrons. The number of anilines is 3. The Hall–Kier alpha value is -1.87. The molecule has 2 aromatic carbocycles. The van der Waals surface area contributed by atoms with Crippen LogP contribution < -0.4 is 16.0 Å². The van der Waals surface area contributed by atoms with E-state index in [-0.39, 0.29) is 0 Å². The molecule has 100 valence electrons. The molecule has 0 saturated carbocycles. The topological polar surface area (TPSA) is 41.3 Å². The van der Waals surface area contributed by atoms with Crippen LogP contribution in [0.15, 0.2) is 42.5 Å². The smallest absolute Gasteiger partial charge is 0.0786 e. The first-order valence-corrected chi connectivity index (χ1v) is 6.50. The summed E-state index contributed by atoms with van der Waals surface area (Å²) in [5, 5.41) is 4.12. The monoisotopic (exact) mass is 275 g/mol. The summed E-state index contributed by atoms with van der Waals surface area (Å²) in [5.41, 5.74) is 9.79. The first-order chi connectivity index (χ1) is 9.09. The van der Waals surface area contributed by atoms with Gasteiger partial charge in [0.1, 0.15) is 0 Å². The number of nitrogens with one attached hydrogen (secondary N) is 1. The fourth-order valence-electron chi connectivity index (χ4n) is 2.00. The minimum absolute atomic E-state index is 0.674. The highest BCUT2D eigenvalue weighted by atomic mass is 35.5. The van der Waals surface area contributed by atoms with Gasteiger partial charge < -0.3 is 16.0 Å². The van der Waals surface area contributed by atoms with E-state index >= 15 is 0 Å². The van der Waals surface area contributed by atoms with E-state index < -0.39 is 0 Å². The van der Waals surface area contributed by atoms with Crippen LogP contribution in [-0.2, 0) is 6.54 Å². The third-order valence-electron chi connectivity index (χ3n) is 2.96. The van der Waals surface area contributed by atoms with Gasteiger partial charge in [-0.1, -0.05) is 35.9 Å². The Morgan fingerprint density at radius 3 is 2.53 bits per heavy atom. The second-order valence-corrected chi connectivity index (χ2v) is 4.99. The van der Waals surface area contributed by atoms with Gasteiger partial charge >= 0.3 is 0 Å². The Morgan fingerprint density at radius 2 is 1.84 bits per heavy atom. The molecule has 0 bridgehead atoms. The first-order valence-electron chi connectivity index (χ1n) is 6.12. The van der Waals surface area contributed by atoms with E-state index in [1.807, 2.05) is 61.5 Å². The molecule has 3 N–H and O–H groups in total. The molecule has 2 aromatic rings.